The van der Waals surface area contributed by atoms with E-state index in [2.05, 4.69) is 29.2 Å². The van der Waals surface area contributed by atoms with E-state index in [0.29, 0.717) is 40.7 Å². The standard InChI is InChI=1S/C31H31NO6.C2H6/c1-32(2)25-10-4-22(5-11-25)20-21-36-27-14-8-24(9-15-27)31(34)38-29-18-16-28(17-19-29)37-30(33)23-6-12-26(35-3)13-7-23;1-2/h4-19,30,33H,20-21H2,1-3H3;1-2H3. The second-order valence-electron chi connectivity index (χ2n) is 8.79. The fourth-order valence-corrected chi connectivity index (χ4v) is 3.65. The smallest absolute Gasteiger partial charge is 0.343 e. The number of aliphatic hydroxyl groups excluding tert-OH is 1. The number of rotatable bonds is 11. The van der Waals surface area contributed by atoms with Crippen LogP contribution in [0.25, 0.3) is 0 Å². The third kappa shape index (κ3) is 8.78. The van der Waals surface area contributed by atoms with E-state index in [0.717, 1.165) is 12.1 Å². The number of anilines is 1. The molecule has 4 aromatic rings. The number of hydrogen-bond donors (Lipinski definition) is 1. The molecule has 0 aliphatic rings. The van der Waals surface area contributed by atoms with E-state index in [-0.39, 0.29) is 0 Å². The first-order chi connectivity index (χ1) is 19.4. The van der Waals surface area contributed by atoms with E-state index in [1.165, 1.54) is 5.56 Å². The average molecular weight is 544 g/mol. The molecule has 0 fully saturated rings. The number of esters is 1. The number of hydrogen-bond acceptors (Lipinski definition) is 7. The highest BCUT2D eigenvalue weighted by Crippen LogP contribution is 2.25. The Balaban J connectivity index is 0.00000216. The third-order valence-electron chi connectivity index (χ3n) is 5.89. The van der Waals surface area contributed by atoms with Crippen LogP contribution in [-0.2, 0) is 6.42 Å². The van der Waals surface area contributed by atoms with Gasteiger partial charge in [0.25, 0.3) is 0 Å². The number of aliphatic hydroxyl groups is 1. The van der Waals surface area contributed by atoms with Crippen LogP contribution in [0.1, 0.15) is 41.6 Å². The monoisotopic (exact) mass is 543 g/mol. The predicted molar refractivity (Wildman–Crippen MR) is 158 cm³/mol. The Morgan fingerprint density at radius 1 is 0.750 bits per heavy atom. The zero-order valence-electron chi connectivity index (χ0n) is 23.7. The molecule has 0 aromatic heterocycles. The average Bonchev–Trinajstić information content (AvgIpc) is 2.99. The fraction of sp³-hybridized carbons (Fsp3) is 0.242. The lowest BCUT2D eigenvalue weighted by Gasteiger charge is -2.14. The molecule has 0 spiro atoms. The van der Waals surface area contributed by atoms with Crippen LogP contribution in [0.5, 0.6) is 23.0 Å². The lowest BCUT2D eigenvalue weighted by molar-refractivity contribution is -0.0195. The van der Waals surface area contributed by atoms with Gasteiger partial charge in [-0.05, 0) is 90.5 Å². The van der Waals surface area contributed by atoms with Crippen molar-refractivity contribution in [3.05, 3.63) is 114 Å². The van der Waals surface area contributed by atoms with Gasteiger partial charge in [-0.1, -0.05) is 26.0 Å². The minimum atomic E-state index is -1.14. The third-order valence-corrected chi connectivity index (χ3v) is 5.89. The summed E-state index contributed by atoms with van der Waals surface area (Å²) in [5.41, 5.74) is 3.35. The molecule has 0 radical (unpaired) electrons. The Kier molecular flexibility index (Phi) is 11.4. The topological polar surface area (TPSA) is 77.5 Å². The molecule has 7 nitrogen and oxygen atoms in total. The first-order valence-corrected chi connectivity index (χ1v) is 13.2. The lowest BCUT2D eigenvalue weighted by atomic mass is 10.1. The summed E-state index contributed by atoms with van der Waals surface area (Å²) in [5, 5.41) is 10.3. The van der Waals surface area contributed by atoms with E-state index in [1.807, 2.05) is 27.9 Å². The molecule has 0 saturated carbocycles. The Hall–Kier alpha value is -4.49. The summed E-state index contributed by atoms with van der Waals surface area (Å²) >= 11 is 0. The molecular weight excluding hydrogens is 506 g/mol. The highest BCUT2D eigenvalue weighted by molar-refractivity contribution is 5.91. The summed E-state index contributed by atoms with van der Waals surface area (Å²) in [5.74, 6) is 1.69. The highest BCUT2D eigenvalue weighted by atomic mass is 16.6. The Morgan fingerprint density at radius 3 is 1.88 bits per heavy atom. The Bertz CT molecular complexity index is 1300. The van der Waals surface area contributed by atoms with Gasteiger partial charge in [-0.25, -0.2) is 4.79 Å². The minimum absolute atomic E-state index is 0.363. The van der Waals surface area contributed by atoms with Crippen molar-refractivity contribution in [1.29, 1.82) is 0 Å². The molecule has 1 atom stereocenters. The summed E-state index contributed by atoms with van der Waals surface area (Å²) in [6.45, 7) is 4.53. The predicted octanol–water partition coefficient (Wildman–Crippen LogP) is 6.70. The molecule has 4 rings (SSSR count). The fourth-order valence-electron chi connectivity index (χ4n) is 3.65. The molecule has 210 valence electrons. The second-order valence-corrected chi connectivity index (χ2v) is 8.79. The number of carbonyl (C=O) groups excluding carboxylic acids is 1. The van der Waals surface area contributed by atoms with E-state index >= 15 is 0 Å². The number of benzene rings is 4. The first-order valence-electron chi connectivity index (χ1n) is 13.2. The molecule has 4 aromatic carbocycles. The summed E-state index contributed by atoms with van der Waals surface area (Å²) in [4.78, 5) is 14.6. The molecule has 0 amide bonds. The maximum Gasteiger partial charge on any atom is 0.343 e. The van der Waals surface area contributed by atoms with Crippen molar-refractivity contribution in [1.82, 2.24) is 0 Å². The Morgan fingerprint density at radius 2 is 1.30 bits per heavy atom. The number of methoxy groups -OCH3 is 1. The van der Waals surface area contributed by atoms with E-state index in [9.17, 15) is 9.90 Å². The van der Waals surface area contributed by atoms with Crippen LogP contribution in [0, 0.1) is 0 Å². The van der Waals surface area contributed by atoms with Gasteiger partial charge in [-0.15, -0.1) is 0 Å². The van der Waals surface area contributed by atoms with Crippen LogP contribution in [0.2, 0.25) is 0 Å². The van der Waals surface area contributed by atoms with Gasteiger partial charge in [0.1, 0.15) is 23.0 Å². The maximum absolute atomic E-state index is 12.6. The van der Waals surface area contributed by atoms with Crippen LogP contribution >= 0.6 is 0 Å². The van der Waals surface area contributed by atoms with Crippen LogP contribution in [0.4, 0.5) is 5.69 Å². The quantitative estimate of drug-likeness (QED) is 0.128. The van der Waals surface area contributed by atoms with Crippen LogP contribution < -0.4 is 23.8 Å². The van der Waals surface area contributed by atoms with Crippen molar-refractivity contribution in [3.63, 3.8) is 0 Å². The molecule has 1 N–H and O–H groups in total. The van der Waals surface area contributed by atoms with Crippen LogP contribution in [-0.4, -0.2) is 38.9 Å². The maximum atomic E-state index is 12.6. The van der Waals surface area contributed by atoms with Gasteiger partial charge in [0.2, 0.25) is 6.29 Å². The van der Waals surface area contributed by atoms with E-state index in [1.54, 1.807) is 79.9 Å². The SMILES string of the molecule is CC.COc1ccc(C(O)Oc2ccc(OC(=O)c3ccc(OCCc4ccc(N(C)C)cc4)cc3)cc2)cc1. The van der Waals surface area contributed by atoms with Crippen molar-refractivity contribution in [3.8, 4) is 23.0 Å². The summed E-state index contributed by atoms with van der Waals surface area (Å²) in [7, 11) is 5.61. The highest BCUT2D eigenvalue weighted by Gasteiger charge is 2.12. The summed E-state index contributed by atoms with van der Waals surface area (Å²) < 4.78 is 22.0. The van der Waals surface area contributed by atoms with Crippen molar-refractivity contribution < 1.29 is 28.8 Å². The number of ether oxygens (including phenoxy) is 4. The molecule has 1 unspecified atom stereocenters. The molecule has 0 bridgehead atoms. The van der Waals surface area contributed by atoms with Gasteiger partial charge in [-0.3, -0.25) is 0 Å². The normalized spacial score (nSPS) is 10.9. The summed E-state index contributed by atoms with van der Waals surface area (Å²) in [6, 6.07) is 28.6. The molecular formula is C33H37NO6. The van der Waals surface area contributed by atoms with Gasteiger partial charge in [-0.2, -0.15) is 0 Å². The lowest BCUT2D eigenvalue weighted by Crippen LogP contribution is -2.09. The van der Waals surface area contributed by atoms with Gasteiger partial charge in [0, 0.05) is 31.8 Å². The molecule has 0 heterocycles. The minimum Gasteiger partial charge on any atom is -0.497 e. The molecule has 40 heavy (non-hydrogen) atoms. The molecule has 0 aliphatic carbocycles. The zero-order chi connectivity index (χ0) is 28.9. The van der Waals surface area contributed by atoms with Crippen LogP contribution in [0.3, 0.4) is 0 Å². The van der Waals surface area contributed by atoms with E-state index in [4.69, 9.17) is 18.9 Å². The van der Waals surface area contributed by atoms with Crippen molar-refractivity contribution in [2.24, 2.45) is 0 Å². The van der Waals surface area contributed by atoms with Crippen molar-refractivity contribution in [2.45, 2.75) is 26.6 Å². The largest absolute Gasteiger partial charge is 0.497 e. The molecule has 7 heteroatoms. The van der Waals surface area contributed by atoms with Gasteiger partial charge in [0.05, 0.1) is 19.3 Å². The van der Waals surface area contributed by atoms with Crippen LogP contribution in [0.15, 0.2) is 97.1 Å². The number of nitrogens with zero attached hydrogens (tertiary/aromatic N) is 1. The zero-order valence-corrected chi connectivity index (χ0v) is 23.7. The van der Waals surface area contributed by atoms with Gasteiger partial charge >= 0.3 is 5.97 Å². The van der Waals surface area contributed by atoms with Crippen molar-refractivity contribution in [2.75, 3.05) is 32.7 Å². The second kappa shape index (κ2) is 15.2. The summed E-state index contributed by atoms with van der Waals surface area (Å²) in [6.07, 6.45) is -0.354. The molecule has 0 saturated heterocycles. The first kappa shape index (κ1) is 30.1. The van der Waals surface area contributed by atoms with Gasteiger partial charge < -0.3 is 29.0 Å². The van der Waals surface area contributed by atoms with Gasteiger partial charge in [0.15, 0.2) is 0 Å². The Labute approximate surface area is 236 Å². The number of carbonyl (C=O) groups is 1. The molecule has 0 aliphatic heterocycles. The van der Waals surface area contributed by atoms with E-state index < -0.39 is 12.3 Å². The van der Waals surface area contributed by atoms with Crippen molar-refractivity contribution >= 4 is 11.7 Å².